The van der Waals surface area contributed by atoms with Gasteiger partial charge in [0, 0.05) is 44.3 Å². The lowest BCUT2D eigenvalue weighted by Crippen LogP contribution is -2.46. The molecule has 1 amide bonds. The molecule has 102 valence electrons. The van der Waals surface area contributed by atoms with E-state index in [9.17, 15) is 4.79 Å². The lowest BCUT2D eigenvalue weighted by molar-refractivity contribution is -0.120. The normalized spacial score (nSPS) is 22.5. The van der Waals surface area contributed by atoms with Crippen molar-refractivity contribution in [2.24, 2.45) is 5.41 Å². The number of amides is 1. The van der Waals surface area contributed by atoms with Gasteiger partial charge in [0.05, 0.1) is 0 Å². The van der Waals surface area contributed by atoms with E-state index in [0.29, 0.717) is 5.41 Å². The van der Waals surface area contributed by atoms with Crippen LogP contribution in [-0.4, -0.2) is 42.5 Å². The first-order chi connectivity index (χ1) is 9.31. The fourth-order valence-corrected chi connectivity index (χ4v) is 3.40. The largest absolute Gasteiger partial charge is 0.371 e. The Morgan fingerprint density at radius 3 is 2.16 bits per heavy atom. The van der Waals surface area contributed by atoms with E-state index < -0.39 is 0 Å². The molecule has 4 nitrogen and oxygen atoms in total. The predicted octanol–water partition coefficient (Wildman–Crippen LogP) is 1.92. The van der Waals surface area contributed by atoms with Crippen molar-refractivity contribution >= 4 is 12.1 Å². The monoisotopic (exact) mass is 259 g/mol. The van der Waals surface area contributed by atoms with Crippen LogP contribution in [0.2, 0.25) is 0 Å². The third-order valence-electron chi connectivity index (χ3n) is 4.86. The van der Waals surface area contributed by atoms with Gasteiger partial charge in [0.15, 0.2) is 0 Å². The lowest BCUT2D eigenvalue weighted by atomic mass is 9.71. The van der Waals surface area contributed by atoms with Gasteiger partial charge in [-0.1, -0.05) is 0 Å². The third kappa shape index (κ3) is 2.57. The zero-order chi connectivity index (χ0) is 13.1. The smallest absolute Gasteiger partial charge is 0.209 e. The first-order valence-electron chi connectivity index (χ1n) is 7.16. The molecule has 0 aliphatic carbocycles. The highest BCUT2D eigenvalue weighted by molar-refractivity contribution is 5.47. The van der Waals surface area contributed by atoms with Gasteiger partial charge < -0.3 is 9.80 Å². The third-order valence-corrected chi connectivity index (χ3v) is 4.86. The fraction of sp³-hybridized carbons (Fsp3) is 0.600. The molecule has 0 unspecified atom stereocenters. The molecule has 0 atom stereocenters. The van der Waals surface area contributed by atoms with Crippen LogP contribution >= 0.6 is 0 Å². The number of rotatable bonds is 2. The van der Waals surface area contributed by atoms with Gasteiger partial charge in [-0.2, -0.15) is 0 Å². The van der Waals surface area contributed by atoms with Crippen LogP contribution in [0.1, 0.15) is 25.7 Å². The maximum absolute atomic E-state index is 10.8. The van der Waals surface area contributed by atoms with E-state index in [1.165, 1.54) is 31.4 Å². The molecule has 3 heterocycles. The van der Waals surface area contributed by atoms with Crippen LogP contribution < -0.4 is 4.90 Å². The Balaban J connectivity index is 1.59. The number of carbonyl (C=O) groups is 1. The summed E-state index contributed by atoms with van der Waals surface area (Å²) in [5.74, 6) is 0. The second-order valence-corrected chi connectivity index (χ2v) is 5.83. The molecule has 0 aromatic carbocycles. The number of anilines is 1. The van der Waals surface area contributed by atoms with Gasteiger partial charge in [0.1, 0.15) is 0 Å². The van der Waals surface area contributed by atoms with E-state index in [1.54, 1.807) is 0 Å². The Hall–Kier alpha value is -1.58. The minimum absolute atomic E-state index is 0.489. The van der Waals surface area contributed by atoms with E-state index in [-0.39, 0.29) is 0 Å². The van der Waals surface area contributed by atoms with E-state index in [2.05, 4.69) is 22.0 Å². The number of pyridine rings is 1. The van der Waals surface area contributed by atoms with Crippen molar-refractivity contribution in [2.75, 3.05) is 31.1 Å². The Morgan fingerprint density at radius 1 is 1.00 bits per heavy atom. The van der Waals surface area contributed by atoms with Crippen LogP contribution in [0.3, 0.4) is 0 Å². The van der Waals surface area contributed by atoms with E-state index in [4.69, 9.17) is 0 Å². The number of hydrogen-bond donors (Lipinski definition) is 0. The number of hydrogen-bond acceptors (Lipinski definition) is 3. The van der Waals surface area contributed by atoms with Crippen molar-refractivity contribution in [3.05, 3.63) is 24.5 Å². The quantitative estimate of drug-likeness (QED) is 0.761. The summed E-state index contributed by atoms with van der Waals surface area (Å²) in [6.45, 7) is 4.15. The number of aromatic nitrogens is 1. The van der Waals surface area contributed by atoms with E-state index in [1.807, 2.05) is 17.3 Å². The Labute approximate surface area is 114 Å². The van der Waals surface area contributed by atoms with Crippen LogP contribution in [0.25, 0.3) is 0 Å². The fourth-order valence-electron chi connectivity index (χ4n) is 3.40. The molecular weight excluding hydrogens is 238 g/mol. The summed E-state index contributed by atoms with van der Waals surface area (Å²) in [5, 5.41) is 0. The summed E-state index contributed by atoms with van der Waals surface area (Å²) < 4.78 is 0. The van der Waals surface area contributed by atoms with Gasteiger partial charge in [-0.05, 0) is 43.2 Å². The highest BCUT2D eigenvalue weighted by atomic mass is 16.1. The maximum Gasteiger partial charge on any atom is 0.209 e. The number of nitrogens with zero attached hydrogens (tertiary/aromatic N) is 3. The number of likely N-dealkylation sites (tertiary alicyclic amines) is 1. The van der Waals surface area contributed by atoms with E-state index in [0.717, 1.165) is 32.6 Å². The van der Waals surface area contributed by atoms with Crippen molar-refractivity contribution in [3.63, 3.8) is 0 Å². The molecule has 2 saturated heterocycles. The zero-order valence-electron chi connectivity index (χ0n) is 11.3. The van der Waals surface area contributed by atoms with Crippen LogP contribution in [0.15, 0.2) is 24.5 Å². The second-order valence-electron chi connectivity index (χ2n) is 5.83. The van der Waals surface area contributed by atoms with Crippen molar-refractivity contribution in [3.8, 4) is 0 Å². The molecule has 1 aromatic rings. The maximum atomic E-state index is 10.8. The van der Waals surface area contributed by atoms with Crippen LogP contribution in [0, 0.1) is 5.41 Å². The highest BCUT2D eigenvalue weighted by Gasteiger charge is 2.37. The molecule has 4 heteroatoms. The van der Waals surface area contributed by atoms with Gasteiger partial charge in [-0.25, -0.2) is 0 Å². The van der Waals surface area contributed by atoms with Gasteiger partial charge in [-0.3, -0.25) is 9.78 Å². The average Bonchev–Trinajstić information content (AvgIpc) is 2.50. The topological polar surface area (TPSA) is 36.4 Å². The SMILES string of the molecule is O=CN1CCC2(CC1)CCN(c1ccncc1)CC2. The average molecular weight is 259 g/mol. The van der Waals surface area contributed by atoms with Crippen LogP contribution in [-0.2, 0) is 4.79 Å². The Kier molecular flexibility index (Phi) is 3.40. The number of piperidine rings is 2. The Morgan fingerprint density at radius 2 is 1.58 bits per heavy atom. The summed E-state index contributed by atoms with van der Waals surface area (Å²) >= 11 is 0. The minimum atomic E-state index is 0.489. The summed E-state index contributed by atoms with van der Waals surface area (Å²) in [4.78, 5) is 19.2. The summed E-state index contributed by atoms with van der Waals surface area (Å²) in [6, 6.07) is 4.18. The summed E-state index contributed by atoms with van der Waals surface area (Å²) in [5.41, 5.74) is 1.78. The van der Waals surface area contributed by atoms with Crippen LogP contribution in [0.5, 0.6) is 0 Å². The number of carbonyl (C=O) groups excluding carboxylic acids is 1. The van der Waals surface area contributed by atoms with Gasteiger partial charge in [0.2, 0.25) is 6.41 Å². The first kappa shape index (κ1) is 12.5. The standard InChI is InChI=1S/C15H21N3O/c19-13-17-9-3-15(4-10-17)5-11-18(12-6-15)14-1-7-16-8-2-14/h1-2,7-8,13H,3-6,9-12H2. The van der Waals surface area contributed by atoms with Crippen molar-refractivity contribution in [1.82, 2.24) is 9.88 Å². The van der Waals surface area contributed by atoms with E-state index >= 15 is 0 Å². The Bertz CT molecular complexity index is 416. The summed E-state index contributed by atoms with van der Waals surface area (Å²) in [7, 11) is 0. The van der Waals surface area contributed by atoms with Crippen molar-refractivity contribution < 1.29 is 4.79 Å². The van der Waals surface area contributed by atoms with Gasteiger partial charge in [-0.15, -0.1) is 0 Å². The van der Waals surface area contributed by atoms with Crippen molar-refractivity contribution in [1.29, 1.82) is 0 Å². The minimum Gasteiger partial charge on any atom is -0.371 e. The zero-order valence-corrected chi connectivity index (χ0v) is 11.3. The molecule has 0 radical (unpaired) electrons. The molecular formula is C15H21N3O. The molecule has 2 fully saturated rings. The lowest BCUT2D eigenvalue weighted by Gasteiger charge is -2.46. The predicted molar refractivity (Wildman–Crippen MR) is 75.0 cm³/mol. The summed E-state index contributed by atoms with van der Waals surface area (Å²) in [6.07, 6.45) is 9.58. The molecule has 2 aliphatic rings. The molecule has 1 aromatic heterocycles. The van der Waals surface area contributed by atoms with Crippen LogP contribution in [0.4, 0.5) is 5.69 Å². The molecule has 0 bridgehead atoms. The van der Waals surface area contributed by atoms with Gasteiger partial charge >= 0.3 is 0 Å². The molecule has 0 N–H and O–H groups in total. The van der Waals surface area contributed by atoms with Gasteiger partial charge in [0.25, 0.3) is 0 Å². The molecule has 19 heavy (non-hydrogen) atoms. The molecule has 2 aliphatic heterocycles. The molecule has 3 rings (SSSR count). The molecule has 0 saturated carbocycles. The first-order valence-corrected chi connectivity index (χ1v) is 7.16. The van der Waals surface area contributed by atoms with Crippen molar-refractivity contribution in [2.45, 2.75) is 25.7 Å². The molecule has 1 spiro atoms. The highest BCUT2D eigenvalue weighted by Crippen LogP contribution is 2.41. The second kappa shape index (κ2) is 5.19.